The number of carboxylic acids is 1. The smallest absolute Gasteiger partial charge is 0.312 e. The molecule has 6 nitrogen and oxygen atoms in total. The van der Waals surface area contributed by atoms with Crippen molar-refractivity contribution in [3.8, 4) is 0 Å². The number of amides is 2. The standard InChI is InChI=1S/C12H14N2O4/c1-13-10(15)6-8-4-2-3-5-9(8)14-11(16)7-12(17)18/h2-5H,6-7H2,1H3,(H,13,15)(H,14,16)(H,17,18). The Kier molecular flexibility index (Phi) is 4.86. The number of aliphatic carboxylic acids is 1. The van der Waals surface area contributed by atoms with Gasteiger partial charge in [-0.15, -0.1) is 0 Å². The van der Waals surface area contributed by atoms with Gasteiger partial charge in [-0.2, -0.15) is 0 Å². The van der Waals surface area contributed by atoms with Gasteiger partial charge in [0.25, 0.3) is 0 Å². The van der Waals surface area contributed by atoms with Gasteiger partial charge in [-0.1, -0.05) is 18.2 Å². The number of benzene rings is 1. The summed E-state index contributed by atoms with van der Waals surface area (Å²) in [4.78, 5) is 33.0. The lowest BCUT2D eigenvalue weighted by Crippen LogP contribution is -2.22. The van der Waals surface area contributed by atoms with Gasteiger partial charge >= 0.3 is 5.97 Å². The number of likely N-dealkylation sites (N-methyl/N-ethyl adjacent to an activating group) is 1. The number of carbonyl (C=O) groups excluding carboxylic acids is 2. The molecule has 0 unspecified atom stereocenters. The predicted molar refractivity (Wildman–Crippen MR) is 65.1 cm³/mol. The van der Waals surface area contributed by atoms with Crippen molar-refractivity contribution in [2.24, 2.45) is 0 Å². The van der Waals surface area contributed by atoms with E-state index in [9.17, 15) is 14.4 Å². The molecule has 18 heavy (non-hydrogen) atoms. The molecule has 0 bridgehead atoms. The first-order valence-electron chi connectivity index (χ1n) is 5.33. The van der Waals surface area contributed by atoms with E-state index in [1.54, 1.807) is 24.3 Å². The van der Waals surface area contributed by atoms with Crippen molar-refractivity contribution < 1.29 is 19.5 Å². The number of hydrogen-bond donors (Lipinski definition) is 3. The zero-order chi connectivity index (χ0) is 13.5. The molecule has 0 aliphatic heterocycles. The van der Waals surface area contributed by atoms with E-state index in [1.165, 1.54) is 7.05 Å². The van der Waals surface area contributed by atoms with Gasteiger partial charge in [-0.05, 0) is 11.6 Å². The normalized spacial score (nSPS) is 9.61. The largest absolute Gasteiger partial charge is 0.481 e. The Morgan fingerprint density at radius 2 is 1.83 bits per heavy atom. The van der Waals surface area contributed by atoms with Crippen LogP contribution in [-0.4, -0.2) is 29.9 Å². The topological polar surface area (TPSA) is 95.5 Å². The van der Waals surface area contributed by atoms with Gasteiger partial charge in [0.2, 0.25) is 11.8 Å². The molecule has 0 atom stereocenters. The molecule has 0 saturated heterocycles. The molecule has 0 aromatic heterocycles. The van der Waals surface area contributed by atoms with Crippen LogP contribution in [0.25, 0.3) is 0 Å². The minimum atomic E-state index is -1.20. The first-order valence-corrected chi connectivity index (χ1v) is 5.33. The summed E-state index contributed by atoms with van der Waals surface area (Å²) in [6.07, 6.45) is -0.478. The highest BCUT2D eigenvalue weighted by Gasteiger charge is 2.11. The van der Waals surface area contributed by atoms with Crippen LogP contribution in [0.15, 0.2) is 24.3 Å². The van der Waals surface area contributed by atoms with Gasteiger partial charge in [0.1, 0.15) is 6.42 Å². The Labute approximate surface area is 104 Å². The zero-order valence-corrected chi connectivity index (χ0v) is 9.90. The summed E-state index contributed by atoms with van der Waals surface area (Å²) >= 11 is 0. The van der Waals surface area contributed by atoms with Crippen molar-refractivity contribution in [2.75, 3.05) is 12.4 Å². The van der Waals surface area contributed by atoms with Crippen LogP contribution in [0.2, 0.25) is 0 Å². The zero-order valence-electron chi connectivity index (χ0n) is 9.90. The Morgan fingerprint density at radius 3 is 2.44 bits per heavy atom. The van der Waals surface area contributed by atoms with Crippen LogP contribution in [0.4, 0.5) is 5.69 Å². The van der Waals surface area contributed by atoms with E-state index < -0.39 is 18.3 Å². The molecule has 1 rings (SSSR count). The van der Waals surface area contributed by atoms with Crippen LogP contribution >= 0.6 is 0 Å². The molecule has 0 aliphatic rings. The second-order valence-electron chi connectivity index (χ2n) is 3.63. The Bertz CT molecular complexity index is 471. The van der Waals surface area contributed by atoms with E-state index in [2.05, 4.69) is 10.6 Å². The quantitative estimate of drug-likeness (QED) is 0.659. The third-order valence-corrected chi connectivity index (χ3v) is 2.23. The van der Waals surface area contributed by atoms with E-state index in [4.69, 9.17) is 5.11 Å². The van der Waals surface area contributed by atoms with E-state index in [0.29, 0.717) is 11.3 Å². The van der Waals surface area contributed by atoms with Gasteiger partial charge < -0.3 is 15.7 Å². The fourth-order valence-electron chi connectivity index (χ4n) is 1.39. The fraction of sp³-hybridized carbons (Fsp3) is 0.250. The summed E-state index contributed by atoms with van der Waals surface area (Å²) in [6, 6.07) is 6.76. The summed E-state index contributed by atoms with van der Waals surface area (Å²) in [6.45, 7) is 0. The van der Waals surface area contributed by atoms with E-state index in [0.717, 1.165) is 0 Å². The molecule has 2 amide bonds. The van der Waals surface area contributed by atoms with Gasteiger partial charge in [0.15, 0.2) is 0 Å². The molecular formula is C12H14N2O4. The van der Waals surface area contributed by atoms with Gasteiger partial charge in [-0.3, -0.25) is 14.4 Å². The lowest BCUT2D eigenvalue weighted by Gasteiger charge is -2.09. The maximum absolute atomic E-state index is 11.3. The third kappa shape index (κ3) is 4.25. The SMILES string of the molecule is CNC(=O)Cc1ccccc1NC(=O)CC(=O)O. The second kappa shape index (κ2) is 6.39. The lowest BCUT2D eigenvalue weighted by molar-refractivity contribution is -0.139. The second-order valence-corrected chi connectivity index (χ2v) is 3.63. The minimum absolute atomic E-state index is 0.125. The van der Waals surface area contributed by atoms with Crippen LogP contribution in [0.3, 0.4) is 0 Å². The third-order valence-electron chi connectivity index (χ3n) is 2.23. The molecule has 0 heterocycles. The Balaban J connectivity index is 2.78. The lowest BCUT2D eigenvalue weighted by atomic mass is 10.1. The van der Waals surface area contributed by atoms with Crippen molar-refractivity contribution in [2.45, 2.75) is 12.8 Å². The number of nitrogens with one attached hydrogen (secondary N) is 2. The number of rotatable bonds is 5. The van der Waals surface area contributed by atoms with Crippen molar-refractivity contribution in [3.05, 3.63) is 29.8 Å². The summed E-state index contributed by atoms with van der Waals surface area (Å²) in [5.74, 6) is -2.00. The highest BCUT2D eigenvalue weighted by molar-refractivity contribution is 6.02. The van der Waals surface area contributed by atoms with Gasteiger partial charge in [0.05, 0.1) is 6.42 Å². The van der Waals surface area contributed by atoms with Crippen LogP contribution < -0.4 is 10.6 Å². The average molecular weight is 250 g/mol. The number of carboxylic acid groups (broad SMARTS) is 1. The molecule has 0 aliphatic carbocycles. The first-order chi connectivity index (χ1) is 8.52. The van der Waals surface area contributed by atoms with Crippen LogP contribution in [0, 0.1) is 0 Å². The maximum Gasteiger partial charge on any atom is 0.312 e. The molecule has 0 spiro atoms. The minimum Gasteiger partial charge on any atom is -0.481 e. The van der Waals surface area contributed by atoms with Crippen LogP contribution in [0.5, 0.6) is 0 Å². The average Bonchev–Trinajstić information content (AvgIpc) is 2.30. The molecule has 0 radical (unpaired) electrons. The fourth-order valence-corrected chi connectivity index (χ4v) is 1.39. The molecule has 6 heteroatoms. The molecule has 1 aromatic rings. The van der Waals surface area contributed by atoms with Gasteiger partial charge in [0, 0.05) is 12.7 Å². The summed E-state index contributed by atoms with van der Waals surface area (Å²) in [5, 5.41) is 13.4. The molecule has 1 aromatic carbocycles. The van der Waals surface area contributed by atoms with E-state index in [1.807, 2.05) is 0 Å². The molecule has 0 saturated carbocycles. The summed E-state index contributed by atoms with van der Waals surface area (Å²) < 4.78 is 0. The Morgan fingerprint density at radius 1 is 1.17 bits per heavy atom. The van der Waals surface area contributed by atoms with Crippen molar-refractivity contribution in [3.63, 3.8) is 0 Å². The van der Waals surface area contributed by atoms with Gasteiger partial charge in [-0.25, -0.2) is 0 Å². The van der Waals surface area contributed by atoms with Crippen LogP contribution in [-0.2, 0) is 20.8 Å². The summed E-state index contributed by atoms with van der Waals surface area (Å²) in [5.41, 5.74) is 1.09. The molecule has 3 N–H and O–H groups in total. The number of anilines is 1. The van der Waals surface area contributed by atoms with E-state index in [-0.39, 0.29) is 12.3 Å². The van der Waals surface area contributed by atoms with E-state index >= 15 is 0 Å². The summed E-state index contributed by atoms with van der Waals surface area (Å²) in [7, 11) is 1.52. The highest BCUT2D eigenvalue weighted by Crippen LogP contribution is 2.15. The maximum atomic E-state index is 11.3. The number of para-hydroxylation sites is 1. The molecule has 96 valence electrons. The van der Waals surface area contributed by atoms with Crippen molar-refractivity contribution in [1.82, 2.24) is 5.32 Å². The monoisotopic (exact) mass is 250 g/mol. The molecular weight excluding hydrogens is 236 g/mol. The van der Waals surface area contributed by atoms with Crippen molar-refractivity contribution >= 4 is 23.5 Å². The highest BCUT2D eigenvalue weighted by atomic mass is 16.4. The molecule has 0 fully saturated rings. The van der Waals surface area contributed by atoms with Crippen molar-refractivity contribution in [1.29, 1.82) is 0 Å². The first kappa shape index (κ1) is 13.7. The predicted octanol–water partition coefficient (Wildman–Crippen LogP) is 0.388. The number of hydrogen-bond acceptors (Lipinski definition) is 3. The Hall–Kier alpha value is -2.37. The van der Waals surface area contributed by atoms with Crippen LogP contribution in [0.1, 0.15) is 12.0 Å². The number of carbonyl (C=O) groups is 3.